The summed E-state index contributed by atoms with van der Waals surface area (Å²) >= 11 is 0. The van der Waals surface area contributed by atoms with E-state index in [9.17, 15) is 43.9 Å². The molecule has 0 saturated heterocycles. The molecule has 1 aliphatic carbocycles. The number of hydrogen-bond donors (Lipinski definition) is 1. The van der Waals surface area contributed by atoms with Crippen molar-refractivity contribution in [2.75, 3.05) is 0 Å². The number of rotatable bonds is 1. The lowest BCUT2D eigenvalue weighted by molar-refractivity contribution is -0.312. The molecule has 0 aliphatic heterocycles. The lowest BCUT2D eigenvalue weighted by Crippen LogP contribution is -2.50. The van der Waals surface area contributed by atoms with Crippen LogP contribution < -0.4 is 0 Å². The van der Waals surface area contributed by atoms with Crippen LogP contribution in [0.15, 0.2) is 0 Å². The lowest BCUT2D eigenvalue weighted by Gasteiger charge is -2.26. The highest BCUT2D eigenvalue weighted by Gasteiger charge is 3.08. The first kappa shape index (κ1) is 14.3. The topological polar surface area (TPSA) is 20.2 Å². The van der Waals surface area contributed by atoms with Gasteiger partial charge in [-0.25, -0.2) is 0 Å². The largest absolute Gasteiger partial charge is 0.415 e. The Balaban J connectivity index is 3.39. The van der Waals surface area contributed by atoms with Gasteiger partial charge in [0.25, 0.3) is 0 Å². The average molecular weight is 280 g/mol. The van der Waals surface area contributed by atoms with E-state index < -0.39 is 35.7 Å². The van der Waals surface area contributed by atoms with Crippen molar-refractivity contribution in [3.63, 3.8) is 0 Å². The van der Waals surface area contributed by atoms with Gasteiger partial charge in [0, 0.05) is 0 Å². The molecule has 1 atom stereocenters. The summed E-state index contributed by atoms with van der Waals surface area (Å²) < 4.78 is 121. The van der Waals surface area contributed by atoms with Crippen molar-refractivity contribution in [3.8, 4) is 0 Å². The van der Waals surface area contributed by atoms with Crippen LogP contribution in [-0.4, -0.2) is 35.4 Å². The summed E-state index contributed by atoms with van der Waals surface area (Å²) in [6, 6.07) is 0. The summed E-state index contributed by atoms with van der Waals surface area (Å²) in [7, 11) is 0. The molecule has 0 radical (unpaired) electrons. The number of hydrogen-bond acceptors (Lipinski definition) is 1. The number of halogens is 10. The molecule has 0 spiro atoms. The van der Waals surface area contributed by atoms with E-state index in [4.69, 9.17) is 5.11 Å². The minimum absolute atomic E-state index is 4.90. The van der Waals surface area contributed by atoms with Crippen LogP contribution in [0.5, 0.6) is 0 Å². The first-order valence-corrected chi connectivity index (χ1v) is 3.73. The van der Waals surface area contributed by atoms with E-state index in [1.54, 1.807) is 0 Å². The predicted molar refractivity (Wildman–Crippen MR) is 30.4 cm³/mol. The standard InChI is InChI=1S/C6H2F10O/c7-3(8,9)1(17)2(6(14,15)16)4(10,11)5(2,12)13/h1,17H. The van der Waals surface area contributed by atoms with Crippen molar-refractivity contribution < 1.29 is 49.0 Å². The van der Waals surface area contributed by atoms with Gasteiger partial charge in [0.05, 0.1) is 0 Å². The zero-order valence-electron chi connectivity index (χ0n) is 7.30. The van der Waals surface area contributed by atoms with Crippen LogP contribution in [0.25, 0.3) is 0 Å². The fourth-order valence-electron chi connectivity index (χ4n) is 1.54. The first-order chi connectivity index (χ1) is 7.15. The Morgan fingerprint density at radius 1 is 0.765 bits per heavy atom. The van der Waals surface area contributed by atoms with E-state index in [1.807, 2.05) is 0 Å². The highest BCUT2D eigenvalue weighted by molar-refractivity contribution is 5.32. The smallest absolute Gasteiger partial charge is 0.382 e. The Labute approximate surface area is 86.0 Å². The summed E-state index contributed by atoms with van der Waals surface area (Å²) in [4.78, 5) is 0. The summed E-state index contributed by atoms with van der Waals surface area (Å²) in [6.45, 7) is 0. The maximum absolute atomic E-state index is 12.4. The SMILES string of the molecule is OC(C(F)(F)F)C1(C(F)(F)F)C(F)(F)C1(F)F. The van der Waals surface area contributed by atoms with E-state index in [0.29, 0.717) is 0 Å². The van der Waals surface area contributed by atoms with Crippen LogP contribution >= 0.6 is 0 Å². The zero-order valence-corrected chi connectivity index (χ0v) is 7.30. The Morgan fingerprint density at radius 2 is 1.06 bits per heavy atom. The summed E-state index contributed by atoms with van der Waals surface area (Å²) in [5.41, 5.74) is -5.81. The third-order valence-corrected chi connectivity index (χ3v) is 2.49. The molecule has 1 fully saturated rings. The molecule has 102 valence electrons. The van der Waals surface area contributed by atoms with Gasteiger partial charge in [-0.15, -0.1) is 0 Å². The third-order valence-electron chi connectivity index (χ3n) is 2.49. The van der Waals surface area contributed by atoms with Gasteiger partial charge in [-0.05, 0) is 0 Å². The minimum atomic E-state index is -6.62. The molecule has 1 aliphatic rings. The van der Waals surface area contributed by atoms with Crippen molar-refractivity contribution in [2.45, 2.75) is 30.3 Å². The molecule has 1 N–H and O–H groups in total. The van der Waals surface area contributed by atoms with E-state index in [1.165, 1.54) is 0 Å². The van der Waals surface area contributed by atoms with Crippen molar-refractivity contribution in [1.29, 1.82) is 0 Å². The second-order valence-electron chi connectivity index (χ2n) is 3.40. The van der Waals surface area contributed by atoms with E-state index >= 15 is 0 Å². The maximum Gasteiger partial charge on any atom is 0.415 e. The quantitative estimate of drug-likeness (QED) is 0.732. The minimum Gasteiger partial charge on any atom is -0.382 e. The monoisotopic (exact) mass is 280 g/mol. The fourth-order valence-corrected chi connectivity index (χ4v) is 1.54. The van der Waals surface area contributed by atoms with Gasteiger partial charge in [0.1, 0.15) is 0 Å². The van der Waals surface area contributed by atoms with Crippen LogP contribution in [0.4, 0.5) is 43.9 Å². The maximum atomic E-state index is 12.4. The first-order valence-electron chi connectivity index (χ1n) is 3.73. The van der Waals surface area contributed by atoms with Gasteiger partial charge in [0.15, 0.2) is 6.10 Å². The van der Waals surface area contributed by atoms with Gasteiger partial charge in [0.2, 0.25) is 5.41 Å². The van der Waals surface area contributed by atoms with Gasteiger partial charge < -0.3 is 5.11 Å². The van der Waals surface area contributed by atoms with Crippen LogP contribution in [0, 0.1) is 5.41 Å². The van der Waals surface area contributed by atoms with Crippen LogP contribution in [0.3, 0.4) is 0 Å². The molecule has 0 aromatic carbocycles. The Morgan fingerprint density at radius 3 is 1.12 bits per heavy atom. The van der Waals surface area contributed by atoms with Gasteiger partial charge in [-0.2, -0.15) is 43.9 Å². The Bertz CT molecular complexity index is 311. The van der Waals surface area contributed by atoms with E-state index in [-0.39, 0.29) is 0 Å². The highest BCUT2D eigenvalue weighted by atomic mass is 19.4. The van der Waals surface area contributed by atoms with E-state index in [2.05, 4.69) is 0 Å². The molecule has 11 heteroatoms. The van der Waals surface area contributed by atoms with Crippen LogP contribution in [-0.2, 0) is 0 Å². The highest BCUT2D eigenvalue weighted by Crippen LogP contribution is 2.80. The fraction of sp³-hybridized carbons (Fsp3) is 1.00. The Hall–Kier alpha value is -0.740. The molecule has 0 heterocycles. The molecule has 0 aromatic rings. The van der Waals surface area contributed by atoms with Crippen LogP contribution in [0.2, 0.25) is 0 Å². The van der Waals surface area contributed by atoms with Gasteiger partial charge in [-0.1, -0.05) is 0 Å². The lowest BCUT2D eigenvalue weighted by atomic mass is 9.96. The zero-order chi connectivity index (χ0) is 14.1. The van der Waals surface area contributed by atoms with Crippen molar-refractivity contribution in [1.82, 2.24) is 0 Å². The second kappa shape index (κ2) is 2.98. The number of aliphatic hydroxyl groups excluding tert-OH is 1. The van der Waals surface area contributed by atoms with Gasteiger partial charge in [-0.3, -0.25) is 0 Å². The van der Waals surface area contributed by atoms with Crippen molar-refractivity contribution in [3.05, 3.63) is 0 Å². The number of alkyl halides is 10. The predicted octanol–water partition coefficient (Wildman–Crippen LogP) is 2.74. The molecule has 1 unspecified atom stereocenters. The molecule has 1 saturated carbocycles. The summed E-state index contributed by atoms with van der Waals surface area (Å²) in [5.74, 6) is -12.0. The molecular formula is C6H2F10O. The van der Waals surface area contributed by atoms with Crippen molar-refractivity contribution >= 4 is 0 Å². The Kier molecular flexibility index (Phi) is 2.51. The molecule has 0 aromatic heterocycles. The molecule has 1 rings (SSSR count). The molecule has 0 bridgehead atoms. The van der Waals surface area contributed by atoms with Crippen LogP contribution in [0.1, 0.15) is 0 Å². The normalized spacial score (nSPS) is 27.7. The second-order valence-corrected chi connectivity index (χ2v) is 3.40. The summed E-state index contributed by atoms with van der Waals surface area (Å²) in [5, 5.41) is 8.18. The summed E-state index contributed by atoms with van der Waals surface area (Å²) in [6.07, 6.45) is -17.8. The third kappa shape index (κ3) is 1.31. The molecule has 0 amide bonds. The van der Waals surface area contributed by atoms with E-state index in [0.717, 1.165) is 0 Å². The van der Waals surface area contributed by atoms with Crippen molar-refractivity contribution in [2.24, 2.45) is 5.41 Å². The molecule has 17 heavy (non-hydrogen) atoms. The molecular weight excluding hydrogens is 278 g/mol. The molecule has 1 nitrogen and oxygen atoms in total. The number of aliphatic hydroxyl groups is 1. The van der Waals surface area contributed by atoms with Gasteiger partial charge >= 0.3 is 24.2 Å². The average Bonchev–Trinajstić information content (AvgIpc) is 2.34.